The third kappa shape index (κ3) is 5.72. The van der Waals surface area contributed by atoms with E-state index in [-0.39, 0.29) is 23.9 Å². The molecule has 0 radical (unpaired) electrons. The SMILES string of the molecule is O=C(NCC1CC1)c1ncccc1C1=CCN(S(=O)(=O)c2ccc(OC(F)(F)F)cc2)CC1. The molecule has 0 saturated heterocycles. The van der Waals surface area contributed by atoms with Crippen molar-refractivity contribution in [3.05, 3.63) is 59.9 Å². The van der Waals surface area contributed by atoms with Crippen LogP contribution in [0.5, 0.6) is 5.75 Å². The Morgan fingerprint density at radius 1 is 1.18 bits per heavy atom. The lowest BCUT2D eigenvalue weighted by molar-refractivity contribution is -0.274. The van der Waals surface area contributed by atoms with Crippen LogP contribution >= 0.6 is 0 Å². The number of pyridine rings is 1. The number of carbonyl (C=O) groups excluding carboxylic acids is 1. The van der Waals surface area contributed by atoms with Crippen molar-refractivity contribution in [1.29, 1.82) is 0 Å². The lowest BCUT2D eigenvalue weighted by Gasteiger charge is -2.26. The monoisotopic (exact) mass is 481 g/mol. The highest BCUT2D eigenvalue weighted by Crippen LogP contribution is 2.30. The normalized spacial score (nSPS) is 17.4. The number of sulfonamides is 1. The Hall–Kier alpha value is -2.92. The molecule has 0 atom stereocenters. The van der Waals surface area contributed by atoms with Gasteiger partial charge in [0.25, 0.3) is 5.91 Å². The molecule has 7 nitrogen and oxygen atoms in total. The van der Waals surface area contributed by atoms with Gasteiger partial charge in [0.05, 0.1) is 4.90 Å². The molecule has 1 aliphatic carbocycles. The van der Waals surface area contributed by atoms with Gasteiger partial charge in [-0.1, -0.05) is 12.1 Å². The summed E-state index contributed by atoms with van der Waals surface area (Å²) in [4.78, 5) is 16.7. The van der Waals surface area contributed by atoms with E-state index in [2.05, 4.69) is 15.0 Å². The van der Waals surface area contributed by atoms with Crippen LogP contribution in [0.1, 0.15) is 35.3 Å². The molecule has 1 saturated carbocycles. The Labute approximate surface area is 189 Å². The van der Waals surface area contributed by atoms with E-state index >= 15 is 0 Å². The number of benzene rings is 1. The van der Waals surface area contributed by atoms with Gasteiger partial charge in [0.1, 0.15) is 11.4 Å². The Morgan fingerprint density at radius 3 is 2.52 bits per heavy atom. The Kier molecular flexibility index (Phi) is 6.44. The van der Waals surface area contributed by atoms with E-state index in [0.29, 0.717) is 30.1 Å². The van der Waals surface area contributed by atoms with Crippen LogP contribution in [-0.4, -0.2) is 49.6 Å². The summed E-state index contributed by atoms with van der Waals surface area (Å²) in [5.74, 6) is -0.219. The fourth-order valence-electron chi connectivity index (χ4n) is 3.56. The van der Waals surface area contributed by atoms with Crippen LogP contribution in [0.25, 0.3) is 5.57 Å². The molecule has 1 fully saturated rings. The Balaban J connectivity index is 1.47. The standard InChI is InChI=1S/C22H22F3N3O4S/c23-22(24,25)32-17-5-7-18(8-6-17)33(30,31)28-12-9-16(10-13-28)19-2-1-11-26-20(19)21(29)27-14-15-3-4-15/h1-2,5-9,11,15H,3-4,10,12-14H2,(H,27,29). The zero-order chi connectivity index (χ0) is 23.6. The van der Waals surface area contributed by atoms with Crippen LogP contribution in [-0.2, 0) is 10.0 Å². The average Bonchev–Trinajstić information content (AvgIpc) is 3.61. The first kappa shape index (κ1) is 23.2. The molecular formula is C22H22F3N3O4S. The minimum Gasteiger partial charge on any atom is -0.406 e. The molecule has 0 bridgehead atoms. The molecule has 1 aliphatic heterocycles. The third-order valence-corrected chi connectivity index (χ3v) is 7.36. The van der Waals surface area contributed by atoms with E-state index in [1.165, 1.54) is 4.31 Å². The number of amides is 1. The largest absolute Gasteiger partial charge is 0.573 e. The predicted octanol–water partition coefficient (Wildman–Crippen LogP) is 3.60. The quantitative estimate of drug-likeness (QED) is 0.653. The molecule has 33 heavy (non-hydrogen) atoms. The first-order valence-corrected chi connectivity index (χ1v) is 11.9. The summed E-state index contributed by atoms with van der Waals surface area (Å²) in [7, 11) is -3.91. The van der Waals surface area contributed by atoms with Gasteiger partial charge in [-0.25, -0.2) is 8.42 Å². The van der Waals surface area contributed by atoms with Crippen molar-refractivity contribution in [2.75, 3.05) is 19.6 Å². The predicted molar refractivity (Wildman–Crippen MR) is 114 cm³/mol. The average molecular weight is 481 g/mol. The zero-order valence-electron chi connectivity index (χ0n) is 17.5. The van der Waals surface area contributed by atoms with Crippen LogP contribution in [0.4, 0.5) is 13.2 Å². The number of alkyl halides is 3. The molecule has 1 amide bonds. The Morgan fingerprint density at radius 2 is 1.91 bits per heavy atom. The van der Waals surface area contributed by atoms with Crippen molar-refractivity contribution < 1.29 is 31.1 Å². The molecule has 2 aromatic rings. The fourth-order valence-corrected chi connectivity index (χ4v) is 4.94. The van der Waals surface area contributed by atoms with Gasteiger partial charge in [-0.05, 0) is 61.1 Å². The Bertz CT molecular complexity index is 1160. The van der Waals surface area contributed by atoms with Gasteiger partial charge in [-0.15, -0.1) is 13.2 Å². The summed E-state index contributed by atoms with van der Waals surface area (Å²) in [6, 6.07) is 7.61. The maximum absolute atomic E-state index is 12.9. The molecule has 2 aliphatic rings. The van der Waals surface area contributed by atoms with Crippen molar-refractivity contribution in [3.8, 4) is 5.75 Å². The van der Waals surface area contributed by atoms with Gasteiger partial charge in [0.15, 0.2) is 0 Å². The van der Waals surface area contributed by atoms with Crippen molar-refractivity contribution in [2.45, 2.75) is 30.5 Å². The van der Waals surface area contributed by atoms with Crippen molar-refractivity contribution >= 4 is 21.5 Å². The number of hydrogen-bond acceptors (Lipinski definition) is 5. The number of carbonyl (C=O) groups is 1. The number of rotatable bonds is 7. The number of aromatic nitrogens is 1. The molecule has 0 unspecified atom stereocenters. The summed E-state index contributed by atoms with van der Waals surface area (Å²) < 4.78 is 67.8. The highest BCUT2D eigenvalue weighted by atomic mass is 32.2. The molecular weight excluding hydrogens is 459 g/mol. The maximum Gasteiger partial charge on any atom is 0.573 e. The molecule has 1 aromatic carbocycles. The van der Waals surface area contributed by atoms with Crippen LogP contribution in [0, 0.1) is 5.92 Å². The molecule has 0 spiro atoms. The lowest BCUT2D eigenvalue weighted by Crippen LogP contribution is -2.35. The zero-order valence-corrected chi connectivity index (χ0v) is 18.3. The van der Waals surface area contributed by atoms with Crippen LogP contribution in [0.15, 0.2) is 53.6 Å². The van der Waals surface area contributed by atoms with Gasteiger partial charge < -0.3 is 10.1 Å². The maximum atomic E-state index is 12.9. The number of halogens is 3. The van der Waals surface area contributed by atoms with Crippen molar-refractivity contribution in [3.63, 3.8) is 0 Å². The second-order valence-electron chi connectivity index (χ2n) is 7.91. The molecule has 176 valence electrons. The van der Waals surface area contributed by atoms with E-state index in [0.717, 1.165) is 42.7 Å². The smallest absolute Gasteiger partial charge is 0.406 e. The first-order valence-electron chi connectivity index (χ1n) is 10.4. The number of ether oxygens (including phenoxy) is 1. The summed E-state index contributed by atoms with van der Waals surface area (Å²) in [5, 5.41) is 2.90. The molecule has 11 heteroatoms. The van der Waals surface area contributed by atoms with Gasteiger partial charge in [-0.2, -0.15) is 4.31 Å². The van der Waals surface area contributed by atoms with E-state index in [1.54, 1.807) is 24.4 Å². The lowest BCUT2D eigenvalue weighted by atomic mass is 9.98. The minimum atomic E-state index is -4.85. The summed E-state index contributed by atoms with van der Waals surface area (Å²) >= 11 is 0. The molecule has 4 rings (SSSR count). The van der Waals surface area contributed by atoms with Gasteiger partial charge >= 0.3 is 6.36 Å². The van der Waals surface area contributed by atoms with Crippen LogP contribution in [0.2, 0.25) is 0 Å². The van der Waals surface area contributed by atoms with Gasteiger partial charge in [0.2, 0.25) is 10.0 Å². The number of hydrogen-bond donors (Lipinski definition) is 1. The van der Waals surface area contributed by atoms with E-state index < -0.39 is 22.1 Å². The third-order valence-electron chi connectivity index (χ3n) is 5.48. The summed E-state index contributed by atoms with van der Waals surface area (Å²) in [5.41, 5.74) is 1.79. The minimum absolute atomic E-state index is 0.0660. The van der Waals surface area contributed by atoms with Crippen LogP contribution < -0.4 is 10.1 Å². The van der Waals surface area contributed by atoms with Crippen LogP contribution in [0.3, 0.4) is 0 Å². The molecule has 1 N–H and O–H groups in total. The topological polar surface area (TPSA) is 88.6 Å². The highest BCUT2D eigenvalue weighted by molar-refractivity contribution is 7.89. The first-order chi connectivity index (χ1) is 15.6. The number of nitrogens with zero attached hydrogens (tertiary/aromatic N) is 2. The van der Waals surface area contributed by atoms with Crippen molar-refractivity contribution in [2.24, 2.45) is 5.92 Å². The summed E-state index contributed by atoms with van der Waals surface area (Å²) in [6.07, 6.45) is 1.02. The van der Waals surface area contributed by atoms with Gasteiger partial charge in [0, 0.05) is 31.4 Å². The number of nitrogens with one attached hydrogen (secondary N) is 1. The van der Waals surface area contributed by atoms with E-state index in [9.17, 15) is 26.4 Å². The van der Waals surface area contributed by atoms with E-state index in [4.69, 9.17) is 0 Å². The second-order valence-corrected chi connectivity index (χ2v) is 9.85. The summed E-state index contributed by atoms with van der Waals surface area (Å²) in [6.45, 7) is 0.843. The van der Waals surface area contributed by atoms with Crippen molar-refractivity contribution in [1.82, 2.24) is 14.6 Å². The fraction of sp³-hybridized carbons (Fsp3) is 0.364. The van der Waals surface area contributed by atoms with Gasteiger partial charge in [-0.3, -0.25) is 9.78 Å². The highest BCUT2D eigenvalue weighted by Gasteiger charge is 2.32. The van der Waals surface area contributed by atoms with E-state index in [1.807, 2.05) is 0 Å². The molecule has 2 heterocycles. The molecule has 1 aromatic heterocycles. The second kappa shape index (κ2) is 9.14.